The summed E-state index contributed by atoms with van der Waals surface area (Å²) in [6, 6.07) is 10.4. The van der Waals surface area contributed by atoms with Gasteiger partial charge in [-0.25, -0.2) is 9.78 Å². The highest BCUT2D eigenvalue weighted by molar-refractivity contribution is 6.30. The number of halogens is 1. The third-order valence-electron chi connectivity index (χ3n) is 4.72. The lowest BCUT2D eigenvalue weighted by Gasteiger charge is -2.38. The molecule has 1 aromatic heterocycles. The lowest BCUT2D eigenvalue weighted by Crippen LogP contribution is -2.44. The Morgan fingerprint density at radius 3 is 2.69 bits per heavy atom. The Hall–Kier alpha value is -2.44. The van der Waals surface area contributed by atoms with E-state index < -0.39 is 5.97 Å². The number of aromatic nitrogens is 1. The van der Waals surface area contributed by atoms with E-state index >= 15 is 0 Å². The van der Waals surface area contributed by atoms with Crippen LogP contribution in [0.4, 0.5) is 0 Å². The van der Waals surface area contributed by atoms with Gasteiger partial charge in [0, 0.05) is 42.0 Å². The number of hydrogen-bond donors (Lipinski definition) is 2. The lowest BCUT2D eigenvalue weighted by molar-refractivity contribution is 0.0487. The highest BCUT2D eigenvalue weighted by Crippen LogP contribution is 2.35. The summed E-state index contributed by atoms with van der Waals surface area (Å²) >= 11 is 6.15. The molecule has 0 bridgehead atoms. The first-order chi connectivity index (χ1) is 12.5. The maximum atomic E-state index is 12.5. The summed E-state index contributed by atoms with van der Waals surface area (Å²) in [6.07, 6.45) is 2.86. The quantitative estimate of drug-likeness (QED) is 0.840. The number of ether oxygens (including phenoxy) is 1. The van der Waals surface area contributed by atoms with Gasteiger partial charge in [-0.05, 0) is 42.7 Å². The second-order valence-corrected chi connectivity index (χ2v) is 6.76. The first-order valence-electron chi connectivity index (χ1n) is 8.31. The third kappa shape index (κ3) is 4.03. The predicted molar refractivity (Wildman–Crippen MR) is 96.7 cm³/mol. The summed E-state index contributed by atoms with van der Waals surface area (Å²) in [4.78, 5) is 27.3. The number of pyridine rings is 1. The number of nitrogens with one attached hydrogen (secondary N) is 1. The van der Waals surface area contributed by atoms with Crippen LogP contribution in [0.25, 0.3) is 0 Å². The number of carboxylic acid groups (broad SMARTS) is 1. The van der Waals surface area contributed by atoms with E-state index in [2.05, 4.69) is 10.3 Å². The molecule has 0 spiro atoms. The van der Waals surface area contributed by atoms with Gasteiger partial charge in [0.1, 0.15) is 5.69 Å². The molecule has 2 heterocycles. The molecule has 1 saturated heterocycles. The molecule has 1 fully saturated rings. The minimum atomic E-state index is -1.17. The van der Waals surface area contributed by atoms with Gasteiger partial charge in [-0.2, -0.15) is 0 Å². The maximum Gasteiger partial charge on any atom is 0.354 e. The Bertz CT molecular complexity index is 819. The number of benzene rings is 1. The van der Waals surface area contributed by atoms with Crippen LogP contribution in [0.5, 0.6) is 0 Å². The number of nitrogens with zero attached hydrogens (tertiary/aromatic N) is 1. The molecule has 26 heavy (non-hydrogen) atoms. The summed E-state index contributed by atoms with van der Waals surface area (Å²) in [5, 5.41) is 12.6. The van der Waals surface area contributed by atoms with Gasteiger partial charge in [0.25, 0.3) is 5.91 Å². The molecule has 2 N–H and O–H groups in total. The van der Waals surface area contributed by atoms with E-state index in [1.807, 2.05) is 24.3 Å². The zero-order valence-electron chi connectivity index (χ0n) is 14.1. The van der Waals surface area contributed by atoms with Crippen molar-refractivity contribution in [1.29, 1.82) is 0 Å². The number of hydrogen-bond acceptors (Lipinski definition) is 4. The fourth-order valence-corrected chi connectivity index (χ4v) is 3.38. The number of aromatic carboxylic acids is 1. The molecule has 6 nitrogen and oxygen atoms in total. The fourth-order valence-electron chi connectivity index (χ4n) is 3.19. The molecular weight excluding hydrogens is 356 g/mol. The number of carbonyl (C=O) groups is 2. The Balaban J connectivity index is 1.79. The Morgan fingerprint density at radius 2 is 2.00 bits per heavy atom. The maximum absolute atomic E-state index is 12.5. The summed E-state index contributed by atoms with van der Waals surface area (Å²) in [5.74, 6) is -1.50. The molecular formula is C19H19ClN2O4. The van der Waals surface area contributed by atoms with Crippen LogP contribution in [0.1, 0.15) is 39.3 Å². The van der Waals surface area contributed by atoms with Crippen LogP contribution in [0.3, 0.4) is 0 Å². The lowest BCUT2D eigenvalue weighted by atomic mass is 9.74. The number of carbonyl (C=O) groups excluding carboxylic acids is 1. The topological polar surface area (TPSA) is 88.5 Å². The molecule has 1 aromatic carbocycles. The van der Waals surface area contributed by atoms with Crippen molar-refractivity contribution >= 4 is 23.5 Å². The summed E-state index contributed by atoms with van der Waals surface area (Å²) < 4.78 is 5.49. The highest BCUT2D eigenvalue weighted by atomic mass is 35.5. The smallest absolute Gasteiger partial charge is 0.354 e. The minimum Gasteiger partial charge on any atom is -0.477 e. The van der Waals surface area contributed by atoms with E-state index in [0.29, 0.717) is 24.8 Å². The second kappa shape index (κ2) is 7.85. The van der Waals surface area contributed by atoms with Crippen molar-refractivity contribution in [1.82, 2.24) is 10.3 Å². The van der Waals surface area contributed by atoms with Crippen LogP contribution < -0.4 is 5.32 Å². The molecule has 1 amide bonds. The van der Waals surface area contributed by atoms with Crippen LogP contribution in [-0.2, 0) is 10.2 Å². The average molecular weight is 375 g/mol. The van der Waals surface area contributed by atoms with E-state index in [4.69, 9.17) is 21.4 Å². The monoisotopic (exact) mass is 374 g/mol. The zero-order chi connectivity index (χ0) is 18.6. The van der Waals surface area contributed by atoms with Crippen LogP contribution in [0.15, 0.2) is 42.6 Å². The molecule has 136 valence electrons. The standard InChI is InChI=1S/C19H19ClN2O4/c20-15-3-1-2-14(11-15)19(5-8-26-9-6-19)12-22-17(23)13-4-7-21-16(10-13)18(24)25/h1-4,7,10-11H,5-6,8-9,12H2,(H,22,23)(H,24,25). The molecule has 0 atom stereocenters. The van der Waals surface area contributed by atoms with E-state index in [9.17, 15) is 9.59 Å². The number of carboxylic acids is 1. The molecule has 0 aliphatic carbocycles. The fraction of sp³-hybridized carbons (Fsp3) is 0.316. The molecule has 2 aromatic rings. The first kappa shape index (κ1) is 18.4. The normalized spacial score (nSPS) is 16.0. The van der Waals surface area contributed by atoms with Crippen molar-refractivity contribution in [2.24, 2.45) is 0 Å². The largest absolute Gasteiger partial charge is 0.477 e. The van der Waals surface area contributed by atoms with E-state index in [-0.39, 0.29) is 22.6 Å². The first-order valence-corrected chi connectivity index (χ1v) is 8.69. The molecule has 0 radical (unpaired) electrons. The SMILES string of the molecule is O=C(NCC1(c2cccc(Cl)c2)CCOCC1)c1ccnc(C(=O)O)c1. The van der Waals surface area contributed by atoms with E-state index in [1.165, 1.54) is 18.3 Å². The van der Waals surface area contributed by atoms with Crippen molar-refractivity contribution in [3.63, 3.8) is 0 Å². The summed E-state index contributed by atoms with van der Waals surface area (Å²) in [7, 11) is 0. The van der Waals surface area contributed by atoms with Crippen molar-refractivity contribution in [2.45, 2.75) is 18.3 Å². The average Bonchev–Trinajstić information content (AvgIpc) is 2.67. The van der Waals surface area contributed by atoms with Crippen molar-refractivity contribution < 1.29 is 19.4 Å². The molecule has 3 rings (SSSR count). The molecule has 0 saturated carbocycles. The van der Waals surface area contributed by atoms with Crippen LogP contribution in [-0.4, -0.2) is 41.7 Å². The Labute approximate surface area is 156 Å². The molecule has 1 aliphatic heterocycles. The second-order valence-electron chi connectivity index (χ2n) is 6.32. The number of rotatable bonds is 5. The van der Waals surface area contributed by atoms with E-state index in [0.717, 1.165) is 18.4 Å². The van der Waals surface area contributed by atoms with Crippen molar-refractivity contribution in [3.8, 4) is 0 Å². The van der Waals surface area contributed by atoms with Gasteiger partial charge in [-0.15, -0.1) is 0 Å². The van der Waals surface area contributed by atoms with Gasteiger partial charge in [-0.1, -0.05) is 23.7 Å². The van der Waals surface area contributed by atoms with Crippen molar-refractivity contribution in [3.05, 3.63) is 64.4 Å². The zero-order valence-corrected chi connectivity index (χ0v) is 14.8. The van der Waals surface area contributed by atoms with Crippen LogP contribution in [0, 0.1) is 0 Å². The van der Waals surface area contributed by atoms with Crippen molar-refractivity contribution in [2.75, 3.05) is 19.8 Å². The predicted octanol–water partition coefficient (Wildman–Crippen LogP) is 2.91. The summed E-state index contributed by atoms with van der Waals surface area (Å²) in [5.41, 5.74) is 0.912. The Kier molecular flexibility index (Phi) is 5.54. The van der Waals surface area contributed by atoms with Crippen LogP contribution >= 0.6 is 11.6 Å². The highest BCUT2D eigenvalue weighted by Gasteiger charge is 2.35. The van der Waals surface area contributed by atoms with Gasteiger partial charge >= 0.3 is 5.97 Å². The molecule has 1 aliphatic rings. The van der Waals surface area contributed by atoms with Gasteiger partial charge in [0.15, 0.2) is 0 Å². The summed E-state index contributed by atoms with van der Waals surface area (Å²) in [6.45, 7) is 1.64. The minimum absolute atomic E-state index is 0.159. The van der Waals surface area contributed by atoms with Crippen LogP contribution in [0.2, 0.25) is 5.02 Å². The van der Waals surface area contributed by atoms with Gasteiger partial charge < -0.3 is 15.2 Å². The third-order valence-corrected chi connectivity index (χ3v) is 4.95. The van der Waals surface area contributed by atoms with E-state index in [1.54, 1.807) is 0 Å². The van der Waals surface area contributed by atoms with Gasteiger partial charge in [-0.3, -0.25) is 4.79 Å². The van der Waals surface area contributed by atoms with Gasteiger partial charge in [0.2, 0.25) is 0 Å². The molecule has 7 heteroatoms. The molecule has 0 unspecified atom stereocenters. The number of amides is 1. The Morgan fingerprint density at radius 1 is 1.23 bits per heavy atom. The van der Waals surface area contributed by atoms with Gasteiger partial charge in [0.05, 0.1) is 0 Å².